The molecule has 12 heavy (non-hydrogen) atoms. The van der Waals surface area contributed by atoms with E-state index in [0.29, 0.717) is 12.8 Å². The highest BCUT2D eigenvalue weighted by Crippen LogP contribution is 1.98. The predicted molar refractivity (Wildman–Crippen MR) is 44.3 cm³/mol. The first-order valence-corrected chi connectivity index (χ1v) is 3.87. The van der Waals surface area contributed by atoms with Gasteiger partial charge >= 0.3 is 0 Å². The molecule has 0 fully saturated rings. The van der Waals surface area contributed by atoms with Gasteiger partial charge in [0.1, 0.15) is 6.54 Å². The van der Waals surface area contributed by atoms with Crippen LogP contribution in [0.5, 0.6) is 0 Å². The lowest BCUT2D eigenvalue weighted by Gasteiger charge is -2.07. The molecule has 0 aliphatic carbocycles. The first kappa shape index (κ1) is 10.9. The summed E-state index contributed by atoms with van der Waals surface area (Å²) in [6, 6.07) is 1.84. The summed E-state index contributed by atoms with van der Waals surface area (Å²) in [5.74, 6) is -0.0968. The molecule has 0 radical (unpaired) electrons. The van der Waals surface area contributed by atoms with Crippen LogP contribution in [0.25, 0.3) is 0 Å². The Balaban J connectivity index is 3.38. The zero-order valence-corrected chi connectivity index (χ0v) is 7.46. The molecular formula is C8H14N2O2. The molecule has 4 heteroatoms. The van der Waals surface area contributed by atoms with Crippen LogP contribution in [-0.2, 0) is 9.53 Å². The van der Waals surface area contributed by atoms with Crippen molar-refractivity contribution < 1.29 is 9.53 Å². The number of nitriles is 1. The van der Waals surface area contributed by atoms with Crippen molar-refractivity contribution in [1.29, 1.82) is 5.26 Å². The van der Waals surface area contributed by atoms with E-state index in [1.165, 1.54) is 0 Å². The van der Waals surface area contributed by atoms with E-state index in [0.717, 1.165) is 0 Å². The minimum atomic E-state index is -0.0968. The quantitative estimate of drug-likeness (QED) is 0.609. The van der Waals surface area contributed by atoms with Crippen molar-refractivity contribution in [2.45, 2.75) is 25.9 Å². The zero-order valence-electron chi connectivity index (χ0n) is 7.46. The number of ether oxygens (including phenoxy) is 1. The second-order valence-corrected chi connectivity index (χ2v) is 2.52. The molecule has 0 aromatic carbocycles. The molecule has 0 aliphatic heterocycles. The van der Waals surface area contributed by atoms with Crippen LogP contribution in [0.2, 0.25) is 0 Å². The molecule has 0 aromatic rings. The van der Waals surface area contributed by atoms with Crippen LogP contribution < -0.4 is 5.32 Å². The van der Waals surface area contributed by atoms with Gasteiger partial charge in [-0.05, 0) is 13.3 Å². The third kappa shape index (κ3) is 5.69. The van der Waals surface area contributed by atoms with Crippen molar-refractivity contribution in [2.75, 3.05) is 13.7 Å². The minimum Gasteiger partial charge on any atom is -0.382 e. The van der Waals surface area contributed by atoms with Gasteiger partial charge in [0, 0.05) is 13.5 Å². The number of methoxy groups -OCH3 is 1. The Bertz CT molecular complexity index is 174. The summed E-state index contributed by atoms with van der Waals surface area (Å²) in [4.78, 5) is 10.9. The van der Waals surface area contributed by atoms with Crippen LogP contribution in [0.3, 0.4) is 0 Å². The monoisotopic (exact) mass is 170 g/mol. The number of hydrogen-bond acceptors (Lipinski definition) is 3. The van der Waals surface area contributed by atoms with Gasteiger partial charge in [0.25, 0.3) is 0 Å². The number of nitrogens with zero attached hydrogens (tertiary/aromatic N) is 1. The van der Waals surface area contributed by atoms with Gasteiger partial charge in [-0.2, -0.15) is 5.26 Å². The summed E-state index contributed by atoms with van der Waals surface area (Å²) >= 11 is 0. The highest BCUT2D eigenvalue weighted by molar-refractivity contribution is 5.76. The third-order valence-electron chi connectivity index (χ3n) is 1.54. The van der Waals surface area contributed by atoms with Crippen LogP contribution >= 0.6 is 0 Å². The maximum absolute atomic E-state index is 10.9. The summed E-state index contributed by atoms with van der Waals surface area (Å²) in [7, 11) is 1.61. The molecule has 68 valence electrons. The third-order valence-corrected chi connectivity index (χ3v) is 1.54. The molecule has 1 atom stereocenters. The van der Waals surface area contributed by atoms with Crippen LogP contribution in [0.1, 0.15) is 19.8 Å². The Labute approximate surface area is 72.5 Å². The van der Waals surface area contributed by atoms with E-state index in [9.17, 15) is 4.79 Å². The molecule has 0 saturated heterocycles. The molecule has 0 aromatic heterocycles. The standard InChI is InChI=1S/C8H14N2O2/c1-7(12-2)3-4-8(11)10-6-5-9/h7H,3-4,6H2,1-2H3,(H,10,11). The van der Waals surface area contributed by atoms with Crippen molar-refractivity contribution >= 4 is 5.91 Å². The second-order valence-electron chi connectivity index (χ2n) is 2.52. The fraction of sp³-hybridized carbons (Fsp3) is 0.750. The molecule has 1 unspecified atom stereocenters. The summed E-state index contributed by atoms with van der Waals surface area (Å²) in [5, 5.41) is 10.6. The lowest BCUT2D eigenvalue weighted by molar-refractivity contribution is -0.121. The van der Waals surface area contributed by atoms with E-state index < -0.39 is 0 Å². The molecule has 1 N–H and O–H groups in total. The topological polar surface area (TPSA) is 62.1 Å². The molecule has 0 rings (SSSR count). The fourth-order valence-electron chi connectivity index (χ4n) is 0.679. The maximum atomic E-state index is 10.9. The predicted octanol–water partition coefficient (Wildman–Crippen LogP) is 0.441. The fourth-order valence-corrected chi connectivity index (χ4v) is 0.679. The van der Waals surface area contributed by atoms with Crippen molar-refractivity contribution in [3.63, 3.8) is 0 Å². The summed E-state index contributed by atoms with van der Waals surface area (Å²) in [5.41, 5.74) is 0. The van der Waals surface area contributed by atoms with E-state index in [4.69, 9.17) is 10.00 Å². The average molecular weight is 170 g/mol. The molecule has 0 heterocycles. The van der Waals surface area contributed by atoms with Gasteiger partial charge in [0.15, 0.2) is 0 Å². The molecule has 1 amide bonds. The van der Waals surface area contributed by atoms with Gasteiger partial charge in [-0.3, -0.25) is 4.79 Å². The summed E-state index contributed by atoms with van der Waals surface area (Å²) in [6.07, 6.45) is 1.20. The number of amides is 1. The number of hydrogen-bond donors (Lipinski definition) is 1. The smallest absolute Gasteiger partial charge is 0.220 e. The van der Waals surface area contributed by atoms with Crippen LogP contribution in [-0.4, -0.2) is 25.7 Å². The largest absolute Gasteiger partial charge is 0.382 e. The molecule has 4 nitrogen and oxygen atoms in total. The van der Waals surface area contributed by atoms with Crippen LogP contribution in [0, 0.1) is 11.3 Å². The number of carbonyl (C=O) groups excluding carboxylic acids is 1. The van der Waals surface area contributed by atoms with Gasteiger partial charge in [-0.1, -0.05) is 0 Å². The number of nitrogens with one attached hydrogen (secondary N) is 1. The molecule has 0 bridgehead atoms. The van der Waals surface area contributed by atoms with Gasteiger partial charge in [-0.15, -0.1) is 0 Å². The molecule has 0 spiro atoms. The Morgan fingerprint density at radius 3 is 2.92 bits per heavy atom. The van der Waals surface area contributed by atoms with Gasteiger partial charge in [0.2, 0.25) is 5.91 Å². The van der Waals surface area contributed by atoms with Crippen LogP contribution in [0.4, 0.5) is 0 Å². The zero-order chi connectivity index (χ0) is 9.40. The van der Waals surface area contributed by atoms with E-state index >= 15 is 0 Å². The summed E-state index contributed by atoms with van der Waals surface area (Å²) in [6.45, 7) is 1.98. The maximum Gasteiger partial charge on any atom is 0.220 e. The van der Waals surface area contributed by atoms with E-state index in [-0.39, 0.29) is 18.6 Å². The van der Waals surface area contributed by atoms with Gasteiger partial charge in [-0.25, -0.2) is 0 Å². The first-order valence-electron chi connectivity index (χ1n) is 3.87. The SMILES string of the molecule is COC(C)CCC(=O)NCC#N. The van der Waals surface area contributed by atoms with Gasteiger partial charge in [0.05, 0.1) is 12.2 Å². The molecular weight excluding hydrogens is 156 g/mol. The molecule has 0 aliphatic rings. The lowest BCUT2D eigenvalue weighted by Crippen LogP contribution is -2.24. The number of rotatable bonds is 5. The summed E-state index contributed by atoms with van der Waals surface area (Å²) < 4.78 is 4.96. The van der Waals surface area contributed by atoms with Crippen molar-refractivity contribution in [3.05, 3.63) is 0 Å². The van der Waals surface area contributed by atoms with E-state index in [2.05, 4.69) is 5.32 Å². The Kier molecular flexibility index (Phi) is 6.02. The van der Waals surface area contributed by atoms with Crippen molar-refractivity contribution in [1.82, 2.24) is 5.32 Å². The Morgan fingerprint density at radius 1 is 1.75 bits per heavy atom. The van der Waals surface area contributed by atoms with E-state index in [1.807, 2.05) is 13.0 Å². The Morgan fingerprint density at radius 2 is 2.42 bits per heavy atom. The minimum absolute atomic E-state index is 0.0835. The second kappa shape index (κ2) is 6.62. The van der Waals surface area contributed by atoms with E-state index in [1.54, 1.807) is 7.11 Å². The average Bonchev–Trinajstić information content (AvgIpc) is 2.10. The normalized spacial score (nSPS) is 11.8. The number of carbonyl (C=O) groups is 1. The lowest BCUT2D eigenvalue weighted by atomic mass is 10.2. The molecule has 0 saturated carbocycles. The van der Waals surface area contributed by atoms with Crippen molar-refractivity contribution in [2.24, 2.45) is 0 Å². The highest BCUT2D eigenvalue weighted by atomic mass is 16.5. The van der Waals surface area contributed by atoms with Crippen LogP contribution in [0.15, 0.2) is 0 Å². The first-order chi connectivity index (χ1) is 5.70. The Hall–Kier alpha value is -1.08. The highest BCUT2D eigenvalue weighted by Gasteiger charge is 2.04. The van der Waals surface area contributed by atoms with Crippen molar-refractivity contribution in [3.8, 4) is 6.07 Å². The van der Waals surface area contributed by atoms with Gasteiger partial charge < -0.3 is 10.1 Å².